The standard InChI is InChI=1S/C4H7N.C2H2O4/c1-2-3-4-5;3-1(4)2(5)6/h2-3H2,1H3;(H,3,4)(H,5,6). The maximum absolute atomic E-state index is 9.10. The van der Waals surface area contributed by atoms with Gasteiger partial charge in [-0.1, -0.05) is 6.92 Å². The number of carbonyl (C=O) groups is 2. The molecule has 11 heavy (non-hydrogen) atoms. The van der Waals surface area contributed by atoms with Gasteiger partial charge in [0, 0.05) is 6.42 Å². The van der Waals surface area contributed by atoms with E-state index in [1.807, 2.05) is 13.0 Å². The Hall–Kier alpha value is -1.57. The molecule has 0 fully saturated rings. The van der Waals surface area contributed by atoms with Gasteiger partial charge in [0.05, 0.1) is 6.07 Å². The van der Waals surface area contributed by atoms with Crippen LogP contribution in [0.4, 0.5) is 0 Å². The van der Waals surface area contributed by atoms with Gasteiger partial charge < -0.3 is 10.2 Å². The lowest BCUT2D eigenvalue weighted by molar-refractivity contribution is -0.159. The van der Waals surface area contributed by atoms with Gasteiger partial charge in [-0.25, -0.2) is 9.59 Å². The quantitative estimate of drug-likeness (QED) is 0.541. The van der Waals surface area contributed by atoms with E-state index in [9.17, 15) is 0 Å². The number of hydrogen-bond donors (Lipinski definition) is 2. The van der Waals surface area contributed by atoms with Crippen LogP contribution in [0.2, 0.25) is 0 Å². The van der Waals surface area contributed by atoms with Crippen LogP contribution in [0.1, 0.15) is 19.8 Å². The molecule has 0 radical (unpaired) electrons. The Kier molecular flexibility index (Phi) is 9.30. The number of carboxylic acids is 2. The molecule has 0 unspecified atom stereocenters. The largest absolute Gasteiger partial charge is 0.473 e. The number of rotatable bonds is 1. The van der Waals surface area contributed by atoms with Crippen molar-refractivity contribution < 1.29 is 19.8 Å². The molecule has 0 heterocycles. The van der Waals surface area contributed by atoms with E-state index in [0.717, 1.165) is 6.42 Å². The Morgan fingerprint density at radius 3 is 1.73 bits per heavy atom. The van der Waals surface area contributed by atoms with Gasteiger partial charge in [-0.3, -0.25) is 0 Å². The number of nitriles is 1. The van der Waals surface area contributed by atoms with Crippen molar-refractivity contribution in [3.05, 3.63) is 0 Å². The lowest BCUT2D eigenvalue weighted by Crippen LogP contribution is -2.09. The summed E-state index contributed by atoms with van der Waals surface area (Å²) in [6, 6.07) is 2.02. The number of aliphatic carboxylic acids is 2. The van der Waals surface area contributed by atoms with E-state index in [4.69, 9.17) is 25.1 Å². The molecule has 62 valence electrons. The van der Waals surface area contributed by atoms with Crippen LogP contribution in [-0.2, 0) is 9.59 Å². The summed E-state index contributed by atoms with van der Waals surface area (Å²) in [6.07, 6.45) is 1.68. The molecule has 0 aromatic heterocycles. The minimum atomic E-state index is -1.82. The van der Waals surface area contributed by atoms with E-state index < -0.39 is 11.9 Å². The highest BCUT2D eigenvalue weighted by atomic mass is 16.4. The third-order valence-corrected chi connectivity index (χ3v) is 0.545. The maximum Gasteiger partial charge on any atom is 0.414 e. The zero-order valence-electron chi connectivity index (χ0n) is 6.07. The molecular formula is C6H9NO4. The highest BCUT2D eigenvalue weighted by molar-refractivity contribution is 6.27. The maximum atomic E-state index is 9.10. The summed E-state index contributed by atoms with van der Waals surface area (Å²) in [5, 5.41) is 22.6. The number of unbranched alkanes of at least 4 members (excludes halogenated alkanes) is 1. The van der Waals surface area contributed by atoms with E-state index in [1.54, 1.807) is 0 Å². The van der Waals surface area contributed by atoms with Crippen molar-refractivity contribution in [3.8, 4) is 6.07 Å². The average Bonchev–Trinajstić information content (AvgIpc) is 1.90. The Morgan fingerprint density at radius 2 is 1.73 bits per heavy atom. The molecule has 0 aromatic carbocycles. The molecule has 0 saturated carbocycles. The molecule has 0 saturated heterocycles. The second-order valence-corrected chi connectivity index (χ2v) is 1.52. The molecule has 0 aromatic rings. The lowest BCUT2D eigenvalue weighted by Gasteiger charge is -1.72. The van der Waals surface area contributed by atoms with Gasteiger partial charge in [0.25, 0.3) is 0 Å². The van der Waals surface area contributed by atoms with Crippen LogP contribution in [0.25, 0.3) is 0 Å². The molecule has 0 amide bonds. The molecule has 0 aliphatic rings. The first kappa shape index (κ1) is 12.1. The summed E-state index contributed by atoms with van der Waals surface area (Å²) in [4.78, 5) is 18.2. The zero-order valence-corrected chi connectivity index (χ0v) is 6.07. The van der Waals surface area contributed by atoms with Gasteiger partial charge in [0.15, 0.2) is 0 Å². The van der Waals surface area contributed by atoms with E-state index in [1.165, 1.54) is 0 Å². The normalized spacial score (nSPS) is 6.91. The molecule has 2 N–H and O–H groups in total. The van der Waals surface area contributed by atoms with Crippen LogP contribution in [0.3, 0.4) is 0 Å². The summed E-state index contributed by atoms with van der Waals surface area (Å²) in [6.45, 7) is 1.99. The second-order valence-electron chi connectivity index (χ2n) is 1.52. The summed E-state index contributed by atoms with van der Waals surface area (Å²) >= 11 is 0. The van der Waals surface area contributed by atoms with Gasteiger partial charge in [-0.2, -0.15) is 5.26 Å². The van der Waals surface area contributed by atoms with Crippen molar-refractivity contribution >= 4 is 11.9 Å². The van der Waals surface area contributed by atoms with Gasteiger partial charge in [-0.05, 0) is 6.42 Å². The molecule has 0 rings (SSSR count). The monoisotopic (exact) mass is 159 g/mol. The molecule has 0 aliphatic heterocycles. The lowest BCUT2D eigenvalue weighted by atomic mass is 10.4. The summed E-state index contributed by atoms with van der Waals surface area (Å²) in [5.74, 6) is -3.65. The smallest absolute Gasteiger partial charge is 0.414 e. The first-order chi connectivity index (χ1) is 5.06. The topological polar surface area (TPSA) is 98.4 Å². The van der Waals surface area contributed by atoms with E-state index in [2.05, 4.69) is 0 Å². The molecule has 0 bridgehead atoms. The first-order valence-corrected chi connectivity index (χ1v) is 2.89. The minimum Gasteiger partial charge on any atom is -0.473 e. The SMILES string of the molecule is CCCC#N.O=C(O)C(=O)O. The van der Waals surface area contributed by atoms with Crippen molar-refractivity contribution in [2.45, 2.75) is 19.8 Å². The molecule has 0 spiro atoms. The number of hydrogen-bond acceptors (Lipinski definition) is 3. The Balaban J connectivity index is 0. The van der Waals surface area contributed by atoms with Crippen LogP contribution in [0.15, 0.2) is 0 Å². The van der Waals surface area contributed by atoms with Crippen LogP contribution >= 0.6 is 0 Å². The predicted octanol–water partition coefficient (Wildman–Crippen LogP) is 0.466. The fourth-order valence-corrected chi connectivity index (χ4v) is 0.112. The highest BCUT2D eigenvalue weighted by Gasteiger charge is 2.04. The molecule has 5 heteroatoms. The Labute approximate surface area is 63.9 Å². The first-order valence-electron chi connectivity index (χ1n) is 2.89. The number of nitrogens with zero attached hydrogens (tertiary/aromatic N) is 1. The Morgan fingerprint density at radius 1 is 1.36 bits per heavy atom. The molecule has 0 atom stereocenters. The summed E-state index contributed by atoms with van der Waals surface area (Å²) in [5.41, 5.74) is 0. The average molecular weight is 159 g/mol. The second kappa shape index (κ2) is 8.43. The van der Waals surface area contributed by atoms with E-state index in [0.29, 0.717) is 6.42 Å². The van der Waals surface area contributed by atoms with Crippen molar-refractivity contribution in [3.63, 3.8) is 0 Å². The predicted molar refractivity (Wildman–Crippen MR) is 35.8 cm³/mol. The van der Waals surface area contributed by atoms with Gasteiger partial charge in [0.2, 0.25) is 0 Å². The zero-order chi connectivity index (χ0) is 9.28. The van der Waals surface area contributed by atoms with E-state index in [-0.39, 0.29) is 0 Å². The Bertz CT molecular complexity index is 158. The van der Waals surface area contributed by atoms with Crippen LogP contribution in [-0.4, -0.2) is 22.2 Å². The van der Waals surface area contributed by atoms with Crippen molar-refractivity contribution in [2.75, 3.05) is 0 Å². The van der Waals surface area contributed by atoms with Crippen molar-refractivity contribution in [1.29, 1.82) is 5.26 Å². The van der Waals surface area contributed by atoms with Crippen LogP contribution in [0, 0.1) is 11.3 Å². The molecule has 0 aliphatic carbocycles. The molecule has 5 nitrogen and oxygen atoms in total. The van der Waals surface area contributed by atoms with Crippen molar-refractivity contribution in [2.24, 2.45) is 0 Å². The van der Waals surface area contributed by atoms with Crippen molar-refractivity contribution in [1.82, 2.24) is 0 Å². The third-order valence-electron chi connectivity index (χ3n) is 0.545. The van der Waals surface area contributed by atoms with Gasteiger partial charge in [0.1, 0.15) is 0 Å². The fourth-order valence-electron chi connectivity index (χ4n) is 0.112. The molecular weight excluding hydrogens is 150 g/mol. The van der Waals surface area contributed by atoms with Crippen LogP contribution in [0.5, 0.6) is 0 Å². The summed E-state index contributed by atoms with van der Waals surface area (Å²) in [7, 11) is 0. The summed E-state index contributed by atoms with van der Waals surface area (Å²) < 4.78 is 0. The minimum absolute atomic E-state index is 0.694. The van der Waals surface area contributed by atoms with Crippen LogP contribution < -0.4 is 0 Å². The van der Waals surface area contributed by atoms with Gasteiger partial charge in [-0.15, -0.1) is 0 Å². The third kappa shape index (κ3) is 17.8. The fraction of sp³-hybridized carbons (Fsp3) is 0.500. The highest BCUT2D eigenvalue weighted by Crippen LogP contribution is 1.77. The van der Waals surface area contributed by atoms with E-state index >= 15 is 0 Å². The number of carboxylic acid groups (broad SMARTS) is 2. The van der Waals surface area contributed by atoms with Gasteiger partial charge >= 0.3 is 11.9 Å².